The maximum absolute atomic E-state index is 6.01. The molecule has 0 saturated carbocycles. The Morgan fingerprint density at radius 3 is 2.52 bits per heavy atom. The molecule has 0 heterocycles. The predicted octanol–water partition coefficient (Wildman–Crippen LogP) is 4.98. The number of halogens is 1. The Bertz CT molecular complexity index is 583. The lowest BCUT2D eigenvalue weighted by atomic mass is 10.1. The molecule has 0 aliphatic rings. The summed E-state index contributed by atoms with van der Waals surface area (Å²) >= 11 is 6.01. The van der Waals surface area contributed by atoms with E-state index in [9.17, 15) is 0 Å². The van der Waals surface area contributed by atoms with Crippen molar-refractivity contribution in [3.63, 3.8) is 0 Å². The fourth-order valence-electron chi connectivity index (χ4n) is 2.23. The first-order valence-corrected chi connectivity index (χ1v) is 7.67. The Balaban J connectivity index is 2.04. The van der Waals surface area contributed by atoms with Gasteiger partial charge in [-0.2, -0.15) is 0 Å². The van der Waals surface area contributed by atoms with Gasteiger partial charge in [-0.3, -0.25) is 0 Å². The minimum absolute atomic E-state index is 0.172. The molecular weight excluding hydrogens is 282 g/mol. The van der Waals surface area contributed by atoms with Gasteiger partial charge in [0.05, 0.1) is 6.10 Å². The van der Waals surface area contributed by atoms with Gasteiger partial charge in [0.15, 0.2) is 0 Å². The Kier molecular flexibility index (Phi) is 5.66. The molecule has 2 rings (SSSR count). The van der Waals surface area contributed by atoms with E-state index in [2.05, 4.69) is 24.4 Å². The first-order valence-electron chi connectivity index (χ1n) is 7.29. The van der Waals surface area contributed by atoms with Crippen molar-refractivity contribution in [3.05, 3.63) is 64.7 Å². The molecule has 112 valence electrons. The highest BCUT2D eigenvalue weighted by molar-refractivity contribution is 6.30. The summed E-state index contributed by atoms with van der Waals surface area (Å²) in [4.78, 5) is 0. The van der Waals surface area contributed by atoms with Crippen molar-refractivity contribution in [1.82, 2.24) is 5.32 Å². The van der Waals surface area contributed by atoms with Crippen LogP contribution in [0.4, 0.5) is 0 Å². The van der Waals surface area contributed by atoms with E-state index in [4.69, 9.17) is 16.3 Å². The highest BCUT2D eigenvalue weighted by atomic mass is 35.5. The van der Waals surface area contributed by atoms with Crippen LogP contribution in [0.2, 0.25) is 5.02 Å². The molecule has 0 fully saturated rings. The molecule has 2 aromatic carbocycles. The lowest BCUT2D eigenvalue weighted by Crippen LogP contribution is -2.19. The quantitative estimate of drug-likeness (QED) is 0.813. The van der Waals surface area contributed by atoms with Crippen LogP contribution in [0.3, 0.4) is 0 Å². The summed E-state index contributed by atoms with van der Waals surface area (Å²) in [6, 6.07) is 16.3. The third kappa shape index (κ3) is 4.76. The van der Waals surface area contributed by atoms with E-state index in [1.54, 1.807) is 0 Å². The monoisotopic (exact) mass is 303 g/mol. The Morgan fingerprint density at radius 1 is 1.05 bits per heavy atom. The van der Waals surface area contributed by atoms with Crippen LogP contribution >= 0.6 is 11.6 Å². The first-order chi connectivity index (χ1) is 10.1. The highest BCUT2D eigenvalue weighted by Crippen LogP contribution is 2.26. The molecule has 2 aromatic rings. The fraction of sp³-hybridized carbons (Fsp3) is 0.333. The third-order valence-electron chi connectivity index (χ3n) is 3.25. The van der Waals surface area contributed by atoms with Crippen molar-refractivity contribution < 1.29 is 4.74 Å². The van der Waals surface area contributed by atoms with Gasteiger partial charge >= 0.3 is 0 Å². The Labute approximate surface area is 132 Å². The molecule has 1 unspecified atom stereocenters. The zero-order valence-electron chi connectivity index (χ0n) is 12.8. The predicted molar refractivity (Wildman–Crippen MR) is 88.9 cm³/mol. The normalized spacial score (nSPS) is 12.4. The van der Waals surface area contributed by atoms with Gasteiger partial charge in [-0.05, 0) is 44.5 Å². The molecule has 21 heavy (non-hydrogen) atoms. The molecule has 0 spiro atoms. The van der Waals surface area contributed by atoms with Crippen LogP contribution in [0.25, 0.3) is 0 Å². The van der Waals surface area contributed by atoms with Crippen LogP contribution in [0.1, 0.15) is 37.9 Å². The van der Waals surface area contributed by atoms with E-state index < -0.39 is 0 Å². The largest absolute Gasteiger partial charge is 0.491 e. The second kappa shape index (κ2) is 7.48. The zero-order valence-corrected chi connectivity index (χ0v) is 13.5. The fourth-order valence-corrected chi connectivity index (χ4v) is 2.44. The average molecular weight is 304 g/mol. The molecule has 0 aliphatic heterocycles. The topological polar surface area (TPSA) is 21.3 Å². The highest BCUT2D eigenvalue weighted by Gasteiger charge is 2.11. The SMILES string of the molecule is CC(C)Oc1ccccc1C(C)NCc1cccc(Cl)c1. The van der Waals surface area contributed by atoms with Crippen LogP contribution in [-0.4, -0.2) is 6.10 Å². The van der Waals surface area contributed by atoms with Crippen LogP contribution in [0.5, 0.6) is 5.75 Å². The van der Waals surface area contributed by atoms with Crippen LogP contribution in [0, 0.1) is 0 Å². The second-order valence-electron chi connectivity index (χ2n) is 5.44. The Hall–Kier alpha value is -1.51. The van der Waals surface area contributed by atoms with Gasteiger partial charge in [0.1, 0.15) is 5.75 Å². The smallest absolute Gasteiger partial charge is 0.124 e. The molecule has 0 saturated heterocycles. The maximum Gasteiger partial charge on any atom is 0.124 e. The molecule has 3 heteroatoms. The van der Waals surface area contributed by atoms with Gasteiger partial charge in [0.2, 0.25) is 0 Å². The molecule has 1 N–H and O–H groups in total. The summed E-state index contributed by atoms with van der Waals surface area (Å²) in [6.07, 6.45) is 0.172. The van der Waals surface area contributed by atoms with Gasteiger partial charge in [0, 0.05) is 23.2 Å². The summed E-state index contributed by atoms with van der Waals surface area (Å²) in [5.41, 5.74) is 2.35. The van der Waals surface area contributed by atoms with E-state index in [1.807, 2.05) is 50.2 Å². The van der Waals surface area contributed by atoms with Crippen molar-refractivity contribution >= 4 is 11.6 Å². The number of rotatable bonds is 6. The third-order valence-corrected chi connectivity index (χ3v) is 3.48. The van der Waals surface area contributed by atoms with E-state index >= 15 is 0 Å². The van der Waals surface area contributed by atoms with Gasteiger partial charge in [-0.25, -0.2) is 0 Å². The minimum atomic E-state index is 0.172. The molecular formula is C18H22ClNO. The van der Waals surface area contributed by atoms with Gasteiger partial charge < -0.3 is 10.1 Å². The standard InChI is InChI=1S/C18H22ClNO/c1-13(2)21-18-10-5-4-9-17(18)14(3)20-12-15-7-6-8-16(19)11-15/h4-11,13-14,20H,12H2,1-3H3. The summed E-state index contributed by atoms with van der Waals surface area (Å²) < 4.78 is 5.88. The van der Waals surface area contributed by atoms with Crippen molar-refractivity contribution in [3.8, 4) is 5.75 Å². The van der Waals surface area contributed by atoms with Crippen LogP contribution < -0.4 is 10.1 Å². The van der Waals surface area contributed by atoms with Crippen molar-refractivity contribution in [2.45, 2.75) is 39.5 Å². The van der Waals surface area contributed by atoms with E-state index in [0.717, 1.165) is 17.3 Å². The van der Waals surface area contributed by atoms with E-state index in [-0.39, 0.29) is 12.1 Å². The number of para-hydroxylation sites is 1. The second-order valence-corrected chi connectivity index (χ2v) is 5.87. The van der Waals surface area contributed by atoms with Gasteiger partial charge in [0.25, 0.3) is 0 Å². The average Bonchev–Trinajstić information content (AvgIpc) is 2.45. The summed E-state index contributed by atoms with van der Waals surface area (Å²) in [5, 5.41) is 4.29. The number of ether oxygens (including phenoxy) is 1. The summed E-state index contributed by atoms with van der Waals surface area (Å²) in [5.74, 6) is 0.943. The van der Waals surface area contributed by atoms with Gasteiger partial charge in [-0.1, -0.05) is 41.9 Å². The molecule has 0 aliphatic carbocycles. The molecule has 1 atom stereocenters. The van der Waals surface area contributed by atoms with E-state index in [0.29, 0.717) is 0 Å². The summed E-state index contributed by atoms with van der Waals surface area (Å²) in [6.45, 7) is 7.01. The molecule has 0 bridgehead atoms. The zero-order chi connectivity index (χ0) is 15.2. The van der Waals surface area contributed by atoms with Crippen LogP contribution in [0.15, 0.2) is 48.5 Å². The molecule has 0 aromatic heterocycles. The number of hydrogen-bond donors (Lipinski definition) is 1. The minimum Gasteiger partial charge on any atom is -0.491 e. The molecule has 0 radical (unpaired) electrons. The lowest BCUT2D eigenvalue weighted by molar-refractivity contribution is 0.238. The number of nitrogens with one attached hydrogen (secondary N) is 1. The maximum atomic E-state index is 6.01. The Morgan fingerprint density at radius 2 is 1.81 bits per heavy atom. The molecule has 2 nitrogen and oxygen atoms in total. The summed E-state index contributed by atoms with van der Waals surface area (Å²) in [7, 11) is 0. The first kappa shape index (κ1) is 15.9. The van der Waals surface area contributed by atoms with Crippen molar-refractivity contribution in [2.75, 3.05) is 0 Å². The van der Waals surface area contributed by atoms with Crippen molar-refractivity contribution in [1.29, 1.82) is 0 Å². The van der Waals surface area contributed by atoms with Gasteiger partial charge in [-0.15, -0.1) is 0 Å². The molecule has 0 amide bonds. The van der Waals surface area contributed by atoms with Crippen LogP contribution in [-0.2, 0) is 6.54 Å². The number of benzene rings is 2. The number of hydrogen-bond acceptors (Lipinski definition) is 2. The van der Waals surface area contributed by atoms with Crippen molar-refractivity contribution in [2.24, 2.45) is 0 Å². The lowest BCUT2D eigenvalue weighted by Gasteiger charge is -2.20. The van der Waals surface area contributed by atoms with E-state index in [1.165, 1.54) is 11.1 Å².